The minimum Gasteiger partial charge on any atom is -0.496 e. The van der Waals surface area contributed by atoms with Gasteiger partial charge >= 0.3 is 0 Å². The minimum absolute atomic E-state index is 0.715. The Morgan fingerprint density at radius 2 is 1.91 bits per heavy atom. The van der Waals surface area contributed by atoms with E-state index in [1.165, 1.54) is 11.5 Å². The topological polar surface area (TPSA) is 38.5 Å². The molecule has 2 aromatic rings. The number of hydrogen-bond donors (Lipinski definition) is 0. The molecule has 0 bridgehead atoms. The Morgan fingerprint density at radius 1 is 1.17 bits per heavy atom. The van der Waals surface area contributed by atoms with Crippen molar-refractivity contribution in [3.8, 4) is 17.2 Å². The molecular formula is C18H24N2O2S. The average molecular weight is 332 g/mol. The number of methoxy groups -OCH3 is 1. The molecule has 0 amide bonds. The van der Waals surface area contributed by atoms with Gasteiger partial charge in [0.15, 0.2) is 0 Å². The van der Waals surface area contributed by atoms with Crippen molar-refractivity contribution in [2.45, 2.75) is 27.3 Å². The van der Waals surface area contributed by atoms with E-state index in [0.29, 0.717) is 5.89 Å². The molecule has 5 heteroatoms. The third kappa shape index (κ3) is 3.40. The molecule has 0 spiro atoms. The average Bonchev–Trinajstić information content (AvgIpc) is 2.91. The van der Waals surface area contributed by atoms with E-state index in [-0.39, 0.29) is 0 Å². The molecule has 0 atom stereocenters. The summed E-state index contributed by atoms with van der Waals surface area (Å²) in [6, 6.07) is 4.02. The molecule has 1 aliphatic rings. The largest absolute Gasteiger partial charge is 0.496 e. The lowest BCUT2D eigenvalue weighted by molar-refractivity contribution is 0.289. The van der Waals surface area contributed by atoms with Crippen molar-refractivity contribution in [3.05, 3.63) is 34.7 Å². The molecule has 4 nitrogen and oxygen atoms in total. The van der Waals surface area contributed by atoms with Crippen LogP contribution in [0, 0.1) is 20.8 Å². The lowest BCUT2D eigenvalue weighted by Gasteiger charge is -2.25. The molecule has 2 heterocycles. The number of rotatable bonds is 4. The maximum Gasteiger partial charge on any atom is 0.226 e. The summed E-state index contributed by atoms with van der Waals surface area (Å²) >= 11 is 2.03. The highest BCUT2D eigenvalue weighted by atomic mass is 32.2. The third-order valence-electron chi connectivity index (χ3n) is 4.56. The van der Waals surface area contributed by atoms with E-state index in [0.717, 1.165) is 53.5 Å². The Bertz CT molecular complexity index is 691. The summed E-state index contributed by atoms with van der Waals surface area (Å²) < 4.78 is 11.4. The first-order chi connectivity index (χ1) is 11.1. The minimum atomic E-state index is 0.715. The molecule has 3 rings (SSSR count). The van der Waals surface area contributed by atoms with Crippen LogP contribution in [-0.4, -0.2) is 41.6 Å². The summed E-state index contributed by atoms with van der Waals surface area (Å²) in [6.45, 7) is 9.31. The molecule has 1 saturated heterocycles. The van der Waals surface area contributed by atoms with Crippen LogP contribution in [-0.2, 0) is 6.54 Å². The van der Waals surface area contributed by atoms with Crippen molar-refractivity contribution < 1.29 is 9.15 Å². The Labute approximate surface area is 142 Å². The predicted molar refractivity (Wildman–Crippen MR) is 95.3 cm³/mol. The van der Waals surface area contributed by atoms with Crippen LogP contribution in [0.3, 0.4) is 0 Å². The molecule has 0 radical (unpaired) electrons. The van der Waals surface area contributed by atoms with Crippen LogP contribution < -0.4 is 4.74 Å². The molecule has 23 heavy (non-hydrogen) atoms. The summed E-state index contributed by atoms with van der Waals surface area (Å²) in [5.74, 6) is 4.96. The second-order valence-corrected chi connectivity index (χ2v) is 7.20. The Hall–Kier alpha value is -1.46. The first-order valence-electron chi connectivity index (χ1n) is 8.01. The molecule has 0 saturated carbocycles. The van der Waals surface area contributed by atoms with Gasteiger partial charge in [0.2, 0.25) is 5.89 Å². The van der Waals surface area contributed by atoms with E-state index >= 15 is 0 Å². The number of oxazole rings is 1. The number of benzene rings is 1. The molecule has 1 aliphatic heterocycles. The van der Waals surface area contributed by atoms with Crippen LogP contribution >= 0.6 is 11.8 Å². The number of aromatic nitrogens is 1. The van der Waals surface area contributed by atoms with E-state index in [9.17, 15) is 0 Å². The van der Waals surface area contributed by atoms with E-state index < -0.39 is 0 Å². The van der Waals surface area contributed by atoms with Gasteiger partial charge in [-0.05, 0) is 44.0 Å². The normalized spacial score (nSPS) is 15.8. The molecule has 0 unspecified atom stereocenters. The lowest BCUT2D eigenvalue weighted by atomic mass is 10.0. The van der Waals surface area contributed by atoms with Crippen LogP contribution in [0.1, 0.15) is 22.6 Å². The summed E-state index contributed by atoms with van der Waals surface area (Å²) in [4.78, 5) is 7.23. The molecule has 1 aromatic heterocycles. The van der Waals surface area contributed by atoms with Crippen LogP contribution in [0.2, 0.25) is 0 Å². The van der Waals surface area contributed by atoms with Crippen LogP contribution in [0.15, 0.2) is 16.5 Å². The zero-order chi connectivity index (χ0) is 16.4. The van der Waals surface area contributed by atoms with E-state index in [4.69, 9.17) is 14.1 Å². The predicted octanol–water partition coefficient (Wildman–Crippen LogP) is 3.82. The lowest BCUT2D eigenvalue weighted by Crippen LogP contribution is -2.32. The quantitative estimate of drug-likeness (QED) is 0.851. The van der Waals surface area contributed by atoms with Crippen LogP contribution in [0.4, 0.5) is 0 Å². The van der Waals surface area contributed by atoms with Gasteiger partial charge in [-0.3, -0.25) is 4.90 Å². The van der Waals surface area contributed by atoms with E-state index in [1.807, 2.05) is 30.8 Å². The van der Waals surface area contributed by atoms with E-state index in [1.54, 1.807) is 7.11 Å². The van der Waals surface area contributed by atoms with Gasteiger partial charge in [-0.1, -0.05) is 0 Å². The van der Waals surface area contributed by atoms with Crippen LogP contribution in [0.25, 0.3) is 11.5 Å². The summed E-state index contributed by atoms with van der Waals surface area (Å²) in [7, 11) is 1.70. The van der Waals surface area contributed by atoms with Crippen molar-refractivity contribution in [1.29, 1.82) is 0 Å². The monoisotopic (exact) mass is 332 g/mol. The first-order valence-corrected chi connectivity index (χ1v) is 9.16. The number of aryl methyl sites for hydroxylation is 1. The number of thioether (sulfide) groups is 1. The number of nitrogens with zero attached hydrogens (tertiary/aromatic N) is 2. The Kier molecular flexibility index (Phi) is 4.97. The van der Waals surface area contributed by atoms with Crippen LogP contribution in [0.5, 0.6) is 5.75 Å². The molecule has 1 fully saturated rings. The SMILES string of the molecule is COc1ccc(-c2nc(CN3CCSCC3)c(C)o2)c(C)c1C. The maximum absolute atomic E-state index is 5.97. The fourth-order valence-corrected chi connectivity index (χ4v) is 3.89. The zero-order valence-corrected chi connectivity index (χ0v) is 15.1. The van der Waals surface area contributed by atoms with Crippen molar-refractivity contribution in [2.24, 2.45) is 0 Å². The fourth-order valence-electron chi connectivity index (χ4n) is 2.91. The van der Waals surface area contributed by atoms with Crippen molar-refractivity contribution >= 4 is 11.8 Å². The van der Waals surface area contributed by atoms with Gasteiger partial charge in [-0.15, -0.1) is 0 Å². The Balaban J connectivity index is 1.87. The first kappa shape index (κ1) is 16.4. The number of ether oxygens (including phenoxy) is 1. The third-order valence-corrected chi connectivity index (χ3v) is 5.50. The summed E-state index contributed by atoms with van der Waals surface area (Å²) in [5.41, 5.74) is 4.40. The second-order valence-electron chi connectivity index (χ2n) is 5.98. The molecule has 1 aromatic carbocycles. The van der Waals surface area contributed by atoms with Gasteiger partial charge in [0.05, 0.1) is 12.8 Å². The van der Waals surface area contributed by atoms with Gasteiger partial charge in [0.1, 0.15) is 11.5 Å². The smallest absolute Gasteiger partial charge is 0.226 e. The van der Waals surface area contributed by atoms with Crippen molar-refractivity contribution in [2.75, 3.05) is 31.7 Å². The molecule has 0 aliphatic carbocycles. The van der Waals surface area contributed by atoms with Gasteiger partial charge in [-0.25, -0.2) is 4.98 Å². The van der Waals surface area contributed by atoms with Gasteiger partial charge < -0.3 is 9.15 Å². The highest BCUT2D eigenvalue weighted by Crippen LogP contribution is 2.31. The molecule has 0 N–H and O–H groups in total. The second kappa shape index (κ2) is 6.97. The Morgan fingerprint density at radius 3 is 2.61 bits per heavy atom. The zero-order valence-electron chi connectivity index (χ0n) is 14.3. The van der Waals surface area contributed by atoms with Gasteiger partial charge in [0.25, 0.3) is 0 Å². The van der Waals surface area contributed by atoms with Gasteiger partial charge in [-0.2, -0.15) is 11.8 Å². The highest BCUT2D eigenvalue weighted by Gasteiger charge is 2.18. The standard InChI is InChI=1S/C18H24N2O2S/c1-12-13(2)17(21-4)6-5-15(12)18-19-16(14(3)22-18)11-20-7-9-23-10-8-20/h5-6H,7-11H2,1-4H3. The molecular weight excluding hydrogens is 308 g/mol. The van der Waals surface area contributed by atoms with Gasteiger partial charge in [0, 0.05) is 36.7 Å². The summed E-state index contributed by atoms with van der Waals surface area (Å²) in [5, 5.41) is 0. The highest BCUT2D eigenvalue weighted by molar-refractivity contribution is 7.99. The summed E-state index contributed by atoms with van der Waals surface area (Å²) in [6.07, 6.45) is 0. The fraction of sp³-hybridized carbons (Fsp3) is 0.500. The molecule has 124 valence electrons. The maximum atomic E-state index is 5.97. The van der Waals surface area contributed by atoms with Crippen molar-refractivity contribution in [3.63, 3.8) is 0 Å². The van der Waals surface area contributed by atoms with Crippen molar-refractivity contribution in [1.82, 2.24) is 9.88 Å². The number of hydrogen-bond acceptors (Lipinski definition) is 5. The van der Waals surface area contributed by atoms with E-state index in [2.05, 4.69) is 18.7 Å².